The van der Waals surface area contributed by atoms with Crippen LogP contribution in [-0.2, 0) is 17.6 Å². The zero-order valence-electron chi connectivity index (χ0n) is 11.1. The Balaban J connectivity index is 1.96. The molecule has 0 saturated carbocycles. The molecule has 0 aliphatic heterocycles. The summed E-state index contributed by atoms with van der Waals surface area (Å²) in [5.74, 6) is 0.860. The van der Waals surface area contributed by atoms with Gasteiger partial charge in [-0.1, -0.05) is 12.1 Å². The second-order valence-corrected chi connectivity index (χ2v) is 4.87. The van der Waals surface area contributed by atoms with Gasteiger partial charge in [-0.25, -0.2) is 4.98 Å². The summed E-state index contributed by atoms with van der Waals surface area (Å²) in [5, 5.41) is 9.09. The summed E-state index contributed by atoms with van der Waals surface area (Å²) in [6.45, 7) is 0. The first-order chi connectivity index (χ1) is 9.69. The molecule has 5 heteroatoms. The average molecular weight is 273 g/mol. The molecule has 3 rings (SSSR count). The first kappa shape index (κ1) is 12.7. The Morgan fingerprint density at radius 3 is 3.00 bits per heavy atom. The van der Waals surface area contributed by atoms with E-state index in [2.05, 4.69) is 4.98 Å². The van der Waals surface area contributed by atoms with Gasteiger partial charge in [0.05, 0.1) is 24.3 Å². The van der Waals surface area contributed by atoms with Gasteiger partial charge in [0.1, 0.15) is 11.5 Å². The number of carboxylic acids is 1. The number of benzene rings is 1. The minimum Gasteiger partial charge on any atom is -0.496 e. The summed E-state index contributed by atoms with van der Waals surface area (Å²) in [7, 11) is 1.60. The highest BCUT2D eigenvalue weighted by atomic mass is 16.5. The minimum absolute atomic E-state index is 0.363. The molecule has 20 heavy (non-hydrogen) atoms. The van der Waals surface area contributed by atoms with Crippen LogP contribution in [0, 0.1) is 5.92 Å². The van der Waals surface area contributed by atoms with E-state index in [9.17, 15) is 4.79 Å². The Morgan fingerprint density at radius 2 is 2.25 bits per heavy atom. The zero-order chi connectivity index (χ0) is 14.1. The average Bonchev–Trinajstić information content (AvgIpc) is 2.89. The van der Waals surface area contributed by atoms with Gasteiger partial charge in [0.25, 0.3) is 0 Å². The number of rotatable bonds is 3. The van der Waals surface area contributed by atoms with Gasteiger partial charge in [-0.2, -0.15) is 0 Å². The Morgan fingerprint density at radius 1 is 1.45 bits per heavy atom. The van der Waals surface area contributed by atoms with Crippen molar-refractivity contribution in [1.29, 1.82) is 0 Å². The van der Waals surface area contributed by atoms with E-state index in [1.807, 2.05) is 24.3 Å². The fourth-order valence-electron chi connectivity index (χ4n) is 2.53. The van der Waals surface area contributed by atoms with Gasteiger partial charge in [-0.05, 0) is 18.6 Å². The van der Waals surface area contributed by atoms with Crippen molar-refractivity contribution in [2.75, 3.05) is 7.11 Å². The second kappa shape index (κ2) is 5.00. The SMILES string of the molecule is COc1ccccc1-c1nc2c(o1)CCC(C(=O)O)C2. The molecule has 1 N–H and O–H groups in total. The van der Waals surface area contributed by atoms with Crippen LogP contribution in [0.5, 0.6) is 5.75 Å². The smallest absolute Gasteiger partial charge is 0.306 e. The molecular weight excluding hydrogens is 258 g/mol. The van der Waals surface area contributed by atoms with Crippen molar-refractivity contribution >= 4 is 5.97 Å². The molecule has 0 fully saturated rings. The molecule has 1 aromatic carbocycles. The molecule has 1 aliphatic rings. The third-order valence-electron chi connectivity index (χ3n) is 3.62. The van der Waals surface area contributed by atoms with Gasteiger partial charge in [0.15, 0.2) is 0 Å². The number of methoxy groups -OCH3 is 1. The van der Waals surface area contributed by atoms with Gasteiger partial charge >= 0.3 is 5.97 Å². The van der Waals surface area contributed by atoms with Gasteiger partial charge in [0.2, 0.25) is 5.89 Å². The van der Waals surface area contributed by atoms with Crippen LogP contribution in [0.15, 0.2) is 28.7 Å². The largest absolute Gasteiger partial charge is 0.496 e. The lowest BCUT2D eigenvalue weighted by molar-refractivity contribution is -0.142. The van der Waals surface area contributed by atoms with Gasteiger partial charge in [0, 0.05) is 12.8 Å². The number of carboxylic acid groups (broad SMARTS) is 1. The molecule has 0 saturated heterocycles. The van der Waals surface area contributed by atoms with Crippen molar-refractivity contribution in [2.45, 2.75) is 19.3 Å². The number of aliphatic carboxylic acids is 1. The van der Waals surface area contributed by atoms with E-state index in [0.717, 1.165) is 17.0 Å². The number of fused-ring (bicyclic) bond motifs is 1. The summed E-state index contributed by atoms with van der Waals surface area (Å²) in [6, 6.07) is 7.50. The lowest BCUT2D eigenvalue weighted by Gasteiger charge is -2.15. The first-order valence-electron chi connectivity index (χ1n) is 6.54. The Labute approximate surface area is 116 Å². The molecule has 104 valence electrons. The molecular formula is C15H15NO4. The number of carbonyl (C=O) groups is 1. The Bertz CT molecular complexity index is 647. The molecule has 5 nitrogen and oxygen atoms in total. The monoisotopic (exact) mass is 273 g/mol. The molecule has 1 heterocycles. The van der Waals surface area contributed by atoms with Crippen LogP contribution in [0.1, 0.15) is 17.9 Å². The van der Waals surface area contributed by atoms with E-state index >= 15 is 0 Å². The van der Waals surface area contributed by atoms with E-state index in [-0.39, 0.29) is 5.92 Å². The van der Waals surface area contributed by atoms with Crippen LogP contribution in [-0.4, -0.2) is 23.2 Å². The van der Waals surface area contributed by atoms with Gasteiger partial charge < -0.3 is 14.3 Å². The number of aromatic nitrogens is 1. The van der Waals surface area contributed by atoms with Gasteiger partial charge in [-0.3, -0.25) is 4.79 Å². The van der Waals surface area contributed by atoms with Gasteiger partial charge in [-0.15, -0.1) is 0 Å². The summed E-state index contributed by atoms with van der Waals surface area (Å²) < 4.78 is 11.1. The number of nitrogens with zero attached hydrogens (tertiary/aromatic N) is 1. The van der Waals surface area contributed by atoms with Crippen molar-refractivity contribution < 1.29 is 19.1 Å². The highest BCUT2D eigenvalue weighted by Crippen LogP contribution is 2.33. The number of ether oxygens (including phenoxy) is 1. The van der Waals surface area contributed by atoms with Crippen LogP contribution in [0.3, 0.4) is 0 Å². The Hall–Kier alpha value is -2.30. The molecule has 1 unspecified atom stereocenters. The van der Waals surface area contributed by atoms with Crippen LogP contribution in [0.2, 0.25) is 0 Å². The quantitative estimate of drug-likeness (QED) is 0.930. The molecule has 0 spiro atoms. The minimum atomic E-state index is -0.766. The van der Waals surface area contributed by atoms with E-state index in [4.69, 9.17) is 14.3 Å². The van der Waals surface area contributed by atoms with Crippen LogP contribution < -0.4 is 4.74 Å². The van der Waals surface area contributed by atoms with Crippen LogP contribution in [0.25, 0.3) is 11.5 Å². The number of aryl methyl sites for hydroxylation is 1. The molecule has 0 bridgehead atoms. The third-order valence-corrected chi connectivity index (χ3v) is 3.62. The predicted molar refractivity (Wildman–Crippen MR) is 71.6 cm³/mol. The fourth-order valence-corrected chi connectivity index (χ4v) is 2.53. The lowest BCUT2D eigenvalue weighted by atomic mass is 9.90. The number of para-hydroxylation sites is 1. The third kappa shape index (κ3) is 2.15. The fraction of sp³-hybridized carbons (Fsp3) is 0.333. The molecule has 1 aromatic heterocycles. The van der Waals surface area contributed by atoms with Crippen LogP contribution in [0.4, 0.5) is 0 Å². The summed E-state index contributed by atoms with van der Waals surface area (Å²) in [4.78, 5) is 15.5. The lowest BCUT2D eigenvalue weighted by Crippen LogP contribution is -2.21. The van der Waals surface area contributed by atoms with E-state index < -0.39 is 5.97 Å². The standard InChI is InChI=1S/C15H15NO4/c1-19-12-5-3-2-4-10(12)14-16-11-8-9(15(17)18)6-7-13(11)20-14/h2-5,9H,6-8H2,1H3,(H,17,18). The molecule has 1 atom stereocenters. The van der Waals surface area contributed by atoms with Crippen molar-refractivity contribution in [3.8, 4) is 17.2 Å². The second-order valence-electron chi connectivity index (χ2n) is 4.87. The molecule has 0 radical (unpaired) electrons. The zero-order valence-corrected chi connectivity index (χ0v) is 11.1. The van der Waals surface area contributed by atoms with Crippen molar-refractivity contribution in [1.82, 2.24) is 4.98 Å². The predicted octanol–water partition coefficient (Wildman–Crippen LogP) is 2.54. The number of hydrogen-bond acceptors (Lipinski definition) is 4. The molecule has 1 aliphatic carbocycles. The van der Waals surface area contributed by atoms with E-state index in [1.54, 1.807) is 7.11 Å². The normalized spacial score (nSPS) is 17.6. The van der Waals surface area contributed by atoms with Crippen molar-refractivity contribution in [3.63, 3.8) is 0 Å². The van der Waals surface area contributed by atoms with Crippen molar-refractivity contribution in [3.05, 3.63) is 35.7 Å². The maximum atomic E-state index is 11.1. The first-order valence-corrected chi connectivity index (χ1v) is 6.54. The van der Waals surface area contributed by atoms with Crippen LogP contribution >= 0.6 is 0 Å². The summed E-state index contributed by atoms with van der Waals surface area (Å²) in [6.07, 6.45) is 1.65. The highest BCUT2D eigenvalue weighted by Gasteiger charge is 2.29. The van der Waals surface area contributed by atoms with Crippen molar-refractivity contribution in [2.24, 2.45) is 5.92 Å². The number of oxazole rings is 1. The Kier molecular flexibility index (Phi) is 3.18. The maximum absolute atomic E-state index is 11.1. The van der Waals surface area contributed by atoms with E-state index in [0.29, 0.717) is 30.9 Å². The summed E-state index contributed by atoms with van der Waals surface area (Å²) in [5.41, 5.74) is 1.54. The number of hydrogen-bond donors (Lipinski definition) is 1. The maximum Gasteiger partial charge on any atom is 0.306 e. The van der Waals surface area contributed by atoms with E-state index in [1.165, 1.54) is 0 Å². The summed E-state index contributed by atoms with van der Waals surface area (Å²) >= 11 is 0. The molecule has 0 amide bonds. The highest BCUT2D eigenvalue weighted by molar-refractivity contribution is 5.71. The molecule has 2 aromatic rings. The topological polar surface area (TPSA) is 72.6 Å².